The maximum Gasteiger partial charge on any atom is 0.184 e. The van der Waals surface area contributed by atoms with Gasteiger partial charge in [0.25, 0.3) is 0 Å². The van der Waals surface area contributed by atoms with Crippen LogP contribution in [-0.2, 0) is 33.7 Å². The Balaban J connectivity index is 1.38. The van der Waals surface area contributed by atoms with E-state index in [0.717, 1.165) is 17.7 Å². The van der Waals surface area contributed by atoms with Gasteiger partial charge in [0, 0.05) is 11.1 Å². The smallest absolute Gasteiger partial charge is 0.184 e. The van der Waals surface area contributed by atoms with Gasteiger partial charge in [0.15, 0.2) is 12.4 Å². The van der Waals surface area contributed by atoms with Crippen LogP contribution in [0.3, 0.4) is 0 Å². The van der Waals surface area contributed by atoms with E-state index < -0.39 is 0 Å². The number of hydrogen-bond acceptors (Lipinski definition) is 4. The van der Waals surface area contributed by atoms with Crippen LogP contribution in [0.1, 0.15) is 46.6 Å². The second kappa shape index (κ2) is 5.31. The largest absolute Gasteiger partial charge is 0.485 e. The lowest BCUT2D eigenvalue weighted by Gasteiger charge is -2.42. The summed E-state index contributed by atoms with van der Waals surface area (Å²) >= 11 is 0. The monoisotopic (exact) mass is 336 g/mol. The fourth-order valence-corrected chi connectivity index (χ4v) is 4.77. The molecule has 0 spiro atoms. The minimum absolute atomic E-state index is 0.0373. The third-order valence-corrected chi connectivity index (χ3v) is 5.92. The average molecular weight is 336 g/mol. The summed E-state index contributed by atoms with van der Waals surface area (Å²) < 4.78 is 24.8. The number of aryl methyl sites for hydroxylation is 1. The summed E-state index contributed by atoms with van der Waals surface area (Å²) in [5.74, 6) is 0.991. The molecule has 3 heterocycles. The molecule has 1 fully saturated rings. The molecule has 0 saturated carbocycles. The fourth-order valence-electron chi connectivity index (χ4n) is 4.77. The quantitative estimate of drug-likeness (QED) is 0.797. The van der Waals surface area contributed by atoms with Gasteiger partial charge in [-0.1, -0.05) is 30.3 Å². The highest BCUT2D eigenvalue weighted by molar-refractivity contribution is 5.55. The van der Waals surface area contributed by atoms with Crippen LogP contribution in [0.4, 0.5) is 0 Å². The van der Waals surface area contributed by atoms with Gasteiger partial charge in [-0.15, -0.1) is 0 Å². The van der Waals surface area contributed by atoms with E-state index in [1.165, 1.54) is 35.1 Å². The summed E-state index contributed by atoms with van der Waals surface area (Å²) in [6.07, 6.45) is 2.94. The lowest BCUT2D eigenvalue weighted by molar-refractivity contribution is -0.280. The molecule has 0 aromatic heterocycles. The molecule has 1 aliphatic carbocycles. The molecule has 0 amide bonds. The molecule has 4 heteroatoms. The first-order valence-electron chi connectivity index (χ1n) is 9.16. The maximum atomic E-state index is 6.32. The molecular formula is C21H20O4. The highest BCUT2D eigenvalue weighted by Gasteiger charge is 2.49. The molecule has 4 atom stereocenters. The van der Waals surface area contributed by atoms with E-state index in [0.29, 0.717) is 13.2 Å². The predicted octanol–water partition coefficient (Wildman–Crippen LogP) is 3.62. The van der Waals surface area contributed by atoms with E-state index in [4.69, 9.17) is 18.9 Å². The number of benzene rings is 2. The summed E-state index contributed by atoms with van der Waals surface area (Å²) in [6, 6.07) is 12.3. The average Bonchev–Trinajstić information content (AvgIpc) is 3.30. The van der Waals surface area contributed by atoms with E-state index in [9.17, 15) is 0 Å². The van der Waals surface area contributed by atoms with E-state index >= 15 is 0 Å². The first kappa shape index (κ1) is 14.3. The minimum atomic E-state index is -0.352. The second-order valence-electron chi connectivity index (χ2n) is 7.32. The molecule has 0 N–H and O–H groups in total. The van der Waals surface area contributed by atoms with Crippen molar-refractivity contribution in [2.45, 2.75) is 50.5 Å². The third kappa shape index (κ3) is 2.05. The molecule has 0 radical (unpaired) electrons. The predicted molar refractivity (Wildman–Crippen MR) is 90.4 cm³/mol. The Hall–Kier alpha value is -1.88. The summed E-state index contributed by atoms with van der Waals surface area (Å²) in [4.78, 5) is 0. The van der Waals surface area contributed by atoms with Crippen LogP contribution in [0, 0.1) is 0 Å². The summed E-state index contributed by atoms with van der Waals surface area (Å²) in [5.41, 5.74) is 6.57. The minimum Gasteiger partial charge on any atom is -0.485 e. The van der Waals surface area contributed by atoms with Gasteiger partial charge < -0.3 is 18.9 Å². The first-order chi connectivity index (χ1) is 12.4. The Morgan fingerprint density at radius 2 is 1.88 bits per heavy atom. The highest BCUT2D eigenvalue weighted by Crippen LogP contribution is 2.51. The summed E-state index contributed by atoms with van der Waals surface area (Å²) in [7, 11) is 0. The van der Waals surface area contributed by atoms with Gasteiger partial charge in [-0.2, -0.15) is 0 Å². The van der Waals surface area contributed by atoms with E-state index in [1.807, 2.05) is 30.3 Å². The van der Waals surface area contributed by atoms with Crippen LogP contribution in [-0.4, -0.2) is 18.8 Å². The molecule has 128 valence electrons. The number of fused-ring (bicyclic) bond motifs is 4. The van der Waals surface area contributed by atoms with Crippen molar-refractivity contribution in [1.29, 1.82) is 0 Å². The molecule has 6 rings (SSSR count). The van der Waals surface area contributed by atoms with Crippen LogP contribution in [0.25, 0.3) is 0 Å². The van der Waals surface area contributed by atoms with Crippen molar-refractivity contribution in [2.24, 2.45) is 0 Å². The number of rotatable bonds is 1. The molecule has 2 aromatic carbocycles. The van der Waals surface area contributed by atoms with Crippen molar-refractivity contribution in [3.63, 3.8) is 0 Å². The Bertz CT molecular complexity index is 832. The lowest BCUT2D eigenvalue weighted by Crippen LogP contribution is -2.49. The SMILES string of the molecule is c1ccc(C2OC[C@H]3Oc4cc5c(c6c4[C@@H](OC6)[C@H]3O2)CCC5)cc1. The second-order valence-corrected chi connectivity index (χ2v) is 7.32. The van der Waals surface area contributed by atoms with Gasteiger partial charge >= 0.3 is 0 Å². The molecule has 1 unspecified atom stereocenters. The van der Waals surface area contributed by atoms with E-state index in [-0.39, 0.29) is 24.6 Å². The zero-order chi connectivity index (χ0) is 16.4. The van der Waals surface area contributed by atoms with Crippen molar-refractivity contribution >= 4 is 0 Å². The van der Waals surface area contributed by atoms with Crippen LogP contribution >= 0.6 is 0 Å². The van der Waals surface area contributed by atoms with Crippen LogP contribution in [0.2, 0.25) is 0 Å². The van der Waals surface area contributed by atoms with Crippen molar-refractivity contribution in [2.75, 3.05) is 6.61 Å². The van der Waals surface area contributed by atoms with Crippen molar-refractivity contribution in [3.8, 4) is 5.75 Å². The van der Waals surface area contributed by atoms with Gasteiger partial charge in [-0.3, -0.25) is 0 Å². The molecular weight excluding hydrogens is 316 g/mol. The molecule has 1 saturated heterocycles. The fraction of sp³-hybridized carbons (Fsp3) is 0.429. The molecule has 2 aromatic rings. The van der Waals surface area contributed by atoms with Crippen LogP contribution < -0.4 is 4.74 Å². The molecule has 4 aliphatic rings. The Kier molecular flexibility index (Phi) is 3.04. The van der Waals surface area contributed by atoms with Gasteiger partial charge in [0.05, 0.1) is 13.2 Å². The van der Waals surface area contributed by atoms with Gasteiger partial charge in [-0.25, -0.2) is 0 Å². The van der Waals surface area contributed by atoms with Gasteiger partial charge in [-0.05, 0) is 42.0 Å². The van der Waals surface area contributed by atoms with Crippen molar-refractivity contribution in [3.05, 3.63) is 64.2 Å². The summed E-state index contributed by atoms with van der Waals surface area (Å²) in [6.45, 7) is 1.21. The number of hydrogen-bond donors (Lipinski definition) is 0. The number of ether oxygens (including phenoxy) is 4. The highest BCUT2D eigenvalue weighted by atomic mass is 16.7. The van der Waals surface area contributed by atoms with Gasteiger partial charge in [0.2, 0.25) is 0 Å². The van der Waals surface area contributed by atoms with Crippen molar-refractivity contribution in [1.82, 2.24) is 0 Å². The molecule has 4 nitrogen and oxygen atoms in total. The molecule has 25 heavy (non-hydrogen) atoms. The van der Waals surface area contributed by atoms with E-state index in [2.05, 4.69) is 6.07 Å². The zero-order valence-electron chi connectivity index (χ0n) is 13.9. The zero-order valence-corrected chi connectivity index (χ0v) is 13.9. The Labute approximate surface area is 146 Å². The standard InChI is InChI=1S/C21H20O4/c1-2-5-12(6-3-1)21-23-11-17-19(25-21)20-18-15(10-22-20)14-8-4-7-13(14)9-16(18)24-17/h1-3,5-6,9,17,19-21H,4,7-8,10-11H2/t17-,19+,20-,21?/m1/s1. The Morgan fingerprint density at radius 1 is 0.960 bits per heavy atom. The van der Waals surface area contributed by atoms with Crippen LogP contribution in [0.5, 0.6) is 5.75 Å². The van der Waals surface area contributed by atoms with E-state index in [1.54, 1.807) is 0 Å². The lowest BCUT2D eigenvalue weighted by atomic mass is 9.90. The molecule has 3 aliphatic heterocycles. The Morgan fingerprint density at radius 3 is 2.80 bits per heavy atom. The van der Waals surface area contributed by atoms with Crippen molar-refractivity contribution < 1.29 is 18.9 Å². The maximum absolute atomic E-state index is 6.32. The first-order valence-corrected chi connectivity index (χ1v) is 9.16. The normalized spacial score (nSPS) is 31.8. The summed E-state index contributed by atoms with van der Waals surface area (Å²) in [5, 5.41) is 0. The van der Waals surface area contributed by atoms with Crippen LogP contribution in [0.15, 0.2) is 36.4 Å². The van der Waals surface area contributed by atoms with Gasteiger partial charge in [0.1, 0.15) is 18.0 Å². The third-order valence-electron chi connectivity index (χ3n) is 5.92. The molecule has 0 bridgehead atoms. The topological polar surface area (TPSA) is 36.9 Å².